The maximum Gasteiger partial charge on any atom is 0.287 e. The Kier molecular flexibility index (Phi) is 6.33. The number of amides is 3. The second-order valence-electron chi connectivity index (χ2n) is 5.93. The zero-order chi connectivity index (χ0) is 18.2. The highest BCUT2D eigenvalue weighted by Crippen LogP contribution is 2.14. The summed E-state index contributed by atoms with van der Waals surface area (Å²) in [5.74, 6) is -0.434. The van der Waals surface area contributed by atoms with Gasteiger partial charge in [-0.3, -0.25) is 14.4 Å². The number of nitrogens with one attached hydrogen (secondary N) is 3. The molecule has 0 aliphatic rings. The van der Waals surface area contributed by atoms with Crippen LogP contribution in [0, 0.1) is 5.92 Å². The smallest absolute Gasteiger partial charge is 0.287 e. The lowest BCUT2D eigenvalue weighted by Crippen LogP contribution is -2.32. The Morgan fingerprint density at radius 3 is 2.08 bits per heavy atom. The van der Waals surface area contributed by atoms with Crippen LogP contribution < -0.4 is 16.0 Å². The molecule has 0 aliphatic carbocycles. The minimum absolute atomic E-state index is 0.0487. The number of anilines is 2. The Hall–Kier alpha value is -3.09. The fourth-order valence-electron chi connectivity index (χ4n) is 2.08. The third-order valence-electron chi connectivity index (χ3n) is 3.20. The zero-order valence-corrected chi connectivity index (χ0v) is 14.2. The number of rotatable bonds is 7. The van der Waals surface area contributed by atoms with Gasteiger partial charge in [0.25, 0.3) is 5.91 Å². The van der Waals surface area contributed by atoms with E-state index in [0.29, 0.717) is 17.8 Å². The first kappa shape index (κ1) is 18.3. The van der Waals surface area contributed by atoms with Crippen molar-refractivity contribution in [2.24, 2.45) is 5.92 Å². The summed E-state index contributed by atoms with van der Waals surface area (Å²) < 4.78 is 4.94. The Morgan fingerprint density at radius 1 is 0.960 bits per heavy atom. The minimum Gasteiger partial charge on any atom is -0.459 e. The van der Waals surface area contributed by atoms with Crippen molar-refractivity contribution in [3.63, 3.8) is 0 Å². The molecule has 7 heteroatoms. The lowest BCUT2D eigenvalue weighted by molar-refractivity contribution is -0.117. The average Bonchev–Trinajstić information content (AvgIpc) is 3.08. The standard InChI is InChI=1S/C18H21N3O4/c1-12(2)10-16(22)20-13-5-7-14(8-6-13)21-17(23)11-19-18(24)15-4-3-9-25-15/h3-9,12H,10-11H2,1-2H3,(H,19,24)(H,20,22)(H,21,23). The molecule has 0 aliphatic heterocycles. The molecule has 1 aromatic carbocycles. The molecule has 25 heavy (non-hydrogen) atoms. The molecule has 0 fully saturated rings. The molecule has 3 amide bonds. The highest BCUT2D eigenvalue weighted by atomic mass is 16.3. The fraction of sp³-hybridized carbons (Fsp3) is 0.278. The van der Waals surface area contributed by atoms with Crippen LogP contribution in [0.5, 0.6) is 0 Å². The van der Waals surface area contributed by atoms with Crippen LogP contribution in [-0.4, -0.2) is 24.3 Å². The predicted molar refractivity (Wildman–Crippen MR) is 94.2 cm³/mol. The molecule has 0 radical (unpaired) electrons. The molecule has 0 spiro atoms. The highest BCUT2D eigenvalue weighted by molar-refractivity contribution is 5.98. The molecule has 0 atom stereocenters. The van der Waals surface area contributed by atoms with Gasteiger partial charge in [0.2, 0.25) is 11.8 Å². The van der Waals surface area contributed by atoms with E-state index in [0.717, 1.165) is 0 Å². The molecule has 1 aromatic heterocycles. The maximum atomic E-state index is 11.8. The number of carbonyl (C=O) groups is 3. The monoisotopic (exact) mass is 343 g/mol. The van der Waals surface area contributed by atoms with Gasteiger partial charge in [-0.25, -0.2) is 0 Å². The van der Waals surface area contributed by atoms with E-state index in [1.807, 2.05) is 13.8 Å². The van der Waals surface area contributed by atoms with Crippen molar-refractivity contribution in [2.75, 3.05) is 17.2 Å². The first-order valence-corrected chi connectivity index (χ1v) is 7.95. The second kappa shape index (κ2) is 8.68. The molecular formula is C18H21N3O4. The van der Waals surface area contributed by atoms with Crippen molar-refractivity contribution in [3.8, 4) is 0 Å². The summed E-state index contributed by atoms with van der Waals surface area (Å²) in [5, 5.41) is 7.91. The van der Waals surface area contributed by atoms with Gasteiger partial charge >= 0.3 is 0 Å². The maximum absolute atomic E-state index is 11.8. The summed E-state index contributed by atoms with van der Waals surface area (Å²) >= 11 is 0. The molecular weight excluding hydrogens is 322 g/mol. The number of carbonyl (C=O) groups excluding carboxylic acids is 3. The van der Waals surface area contributed by atoms with Crippen molar-refractivity contribution in [1.82, 2.24) is 5.32 Å². The molecule has 2 rings (SSSR count). The largest absolute Gasteiger partial charge is 0.459 e. The van der Waals surface area contributed by atoms with Crippen molar-refractivity contribution in [3.05, 3.63) is 48.4 Å². The second-order valence-corrected chi connectivity index (χ2v) is 5.93. The van der Waals surface area contributed by atoms with Gasteiger partial charge in [0.05, 0.1) is 12.8 Å². The van der Waals surface area contributed by atoms with Crippen LogP contribution in [-0.2, 0) is 9.59 Å². The molecule has 2 aromatic rings. The van der Waals surface area contributed by atoms with E-state index in [2.05, 4.69) is 16.0 Å². The normalized spacial score (nSPS) is 10.4. The number of furan rings is 1. The quantitative estimate of drug-likeness (QED) is 0.719. The first-order chi connectivity index (χ1) is 11.9. The summed E-state index contributed by atoms with van der Waals surface area (Å²) in [4.78, 5) is 35.2. The topological polar surface area (TPSA) is 100 Å². The van der Waals surface area contributed by atoms with Crippen LogP contribution in [0.2, 0.25) is 0 Å². The summed E-state index contributed by atoms with van der Waals surface area (Å²) in [6.07, 6.45) is 1.84. The van der Waals surface area contributed by atoms with E-state index >= 15 is 0 Å². The lowest BCUT2D eigenvalue weighted by atomic mass is 10.1. The van der Waals surface area contributed by atoms with Crippen molar-refractivity contribution in [1.29, 1.82) is 0 Å². The summed E-state index contributed by atoms with van der Waals surface area (Å²) in [6, 6.07) is 9.87. The number of benzene rings is 1. The van der Waals surface area contributed by atoms with Crippen LogP contribution >= 0.6 is 0 Å². The molecule has 3 N–H and O–H groups in total. The third kappa shape index (κ3) is 6.14. The number of hydrogen-bond acceptors (Lipinski definition) is 4. The molecule has 132 valence electrons. The molecule has 0 saturated carbocycles. The zero-order valence-electron chi connectivity index (χ0n) is 14.2. The van der Waals surface area contributed by atoms with E-state index in [-0.39, 0.29) is 30.0 Å². The minimum atomic E-state index is -0.455. The van der Waals surface area contributed by atoms with Crippen LogP contribution in [0.25, 0.3) is 0 Å². The van der Waals surface area contributed by atoms with Crippen LogP contribution in [0.3, 0.4) is 0 Å². The van der Waals surface area contributed by atoms with Gasteiger partial charge < -0.3 is 20.4 Å². The van der Waals surface area contributed by atoms with E-state index in [1.165, 1.54) is 12.3 Å². The van der Waals surface area contributed by atoms with E-state index < -0.39 is 5.91 Å². The van der Waals surface area contributed by atoms with Crippen LogP contribution in [0.1, 0.15) is 30.8 Å². The van der Waals surface area contributed by atoms with Gasteiger partial charge in [0.1, 0.15) is 0 Å². The van der Waals surface area contributed by atoms with Crippen molar-refractivity contribution >= 4 is 29.1 Å². The first-order valence-electron chi connectivity index (χ1n) is 7.95. The van der Waals surface area contributed by atoms with Gasteiger partial charge in [-0.05, 0) is 42.3 Å². The Balaban J connectivity index is 1.79. The van der Waals surface area contributed by atoms with Gasteiger partial charge in [-0.2, -0.15) is 0 Å². The van der Waals surface area contributed by atoms with E-state index in [1.54, 1.807) is 30.3 Å². The van der Waals surface area contributed by atoms with Gasteiger partial charge in [-0.15, -0.1) is 0 Å². The lowest BCUT2D eigenvalue weighted by Gasteiger charge is -2.09. The van der Waals surface area contributed by atoms with E-state index in [9.17, 15) is 14.4 Å². The third-order valence-corrected chi connectivity index (χ3v) is 3.20. The Bertz CT molecular complexity index is 721. The molecule has 7 nitrogen and oxygen atoms in total. The van der Waals surface area contributed by atoms with Crippen LogP contribution in [0.15, 0.2) is 47.1 Å². The van der Waals surface area contributed by atoms with Crippen molar-refractivity contribution in [2.45, 2.75) is 20.3 Å². The number of hydrogen-bond donors (Lipinski definition) is 3. The molecule has 1 heterocycles. The molecule has 0 unspecified atom stereocenters. The molecule has 0 saturated heterocycles. The van der Waals surface area contributed by atoms with Crippen molar-refractivity contribution < 1.29 is 18.8 Å². The fourth-order valence-corrected chi connectivity index (χ4v) is 2.08. The average molecular weight is 343 g/mol. The summed E-state index contributed by atoms with van der Waals surface area (Å²) in [6.45, 7) is 3.78. The van der Waals surface area contributed by atoms with Gasteiger partial charge in [-0.1, -0.05) is 13.8 Å². The highest BCUT2D eigenvalue weighted by Gasteiger charge is 2.10. The molecule has 0 bridgehead atoms. The Morgan fingerprint density at radius 2 is 1.56 bits per heavy atom. The van der Waals surface area contributed by atoms with Gasteiger partial charge in [0, 0.05) is 17.8 Å². The van der Waals surface area contributed by atoms with Crippen LogP contribution in [0.4, 0.5) is 11.4 Å². The predicted octanol–water partition coefficient (Wildman–Crippen LogP) is 2.63. The van der Waals surface area contributed by atoms with E-state index in [4.69, 9.17) is 4.42 Å². The summed E-state index contributed by atoms with van der Waals surface area (Å²) in [5.41, 5.74) is 1.23. The SMILES string of the molecule is CC(C)CC(=O)Nc1ccc(NC(=O)CNC(=O)c2ccco2)cc1. The Labute approximate surface area is 145 Å². The van der Waals surface area contributed by atoms with Gasteiger partial charge in [0.15, 0.2) is 5.76 Å². The summed E-state index contributed by atoms with van der Waals surface area (Å²) in [7, 11) is 0.